The van der Waals surface area contributed by atoms with Crippen LogP contribution in [0, 0.1) is 0 Å². The quantitative estimate of drug-likeness (QED) is 0.149. The normalized spacial score (nSPS) is 11.7. The highest BCUT2D eigenvalue weighted by Crippen LogP contribution is 2.42. The van der Waals surface area contributed by atoms with Gasteiger partial charge in [-0.05, 0) is 122 Å². The number of hydrogen-bond acceptors (Lipinski definition) is 2. The van der Waals surface area contributed by atoms with Crippen LogP contribution in [0.4, 0.5) is 17.1 Å². The molecule has 0 aliphatic carbocycles. The molecule has 0 saturated heterocycles. The molecule has 2 aromatic heterocycles. The average Bonchev–Trinajstić information content (AvgIpc) is 3.93. The van der Waals surface area contributed by atoms with Gasteiger partial charge in [-0.1, -0.05) is 170 Å². The molecule has 0 unspecified atom stereocenters. The predicted octanol–water partition coefficient (Wildman–Crippen LogP) is 17.5. The van der Waals surface area contributed by atoms with Gasteiger partial charge in [0.1, 0.15) is 11.2 Å². The summed E-state index contributed by atoms with van der Waals surface area (Å²) in [4.78, 5) is 2.38. The number of benzene rings is 11. The van der Waals surface area contributed by atoms with E-state index in [1.807, 2.05) is 12.1 Å². The van der Waals surface area contributed by atoms with Gasteiger partial charge >= 0.3 is 0 Å². The summed E-state index contributed by atoms with van der Waals surface area (Å²) in [6.45, 7) is 0. The summed E-state index contributed by atoms with van der Waals surface area (Å²) < 4.78 is 8.67. The number of fused-ring (bicyclic) bond motifs is 9. The number of nitrogens with zero attached hydrogens (tertiary/aromatic N) is 2. The summed E-state index contributed by atoms with van der Waals surface area (Å²) >= 11 is 0. The first-order valence-corrected chi connectivity index (χ1v) is 22.2. The van der Waals surface area contributed by atoms with Crippen molar-refractivity contribution in [2.24, 2.45) is 0 Å². The van der Waals surface area contributed by atoms with Crippen LogP contribution in [0.2, 0.25) is 0 Å². The maximum Gasteiger partial charge on any atom is 0.136 e. The van der Waals surface area contributed by atoms with Crippen molar-refractivity contribution in [3.63, 3.8) is 0 Å². The first kappa shape index (κ1) is 36.9. The lowest BCUT2D eigenvalue weighted by molar-refractivity contribution is 0.669. The van der Waals surface area contributed by atoms with Crippen molar-refractivity contribution in [1.29, 1.82) is 0 Å². The van der Waals surface area contributed by atoms with Gasteiger partial charge < -0.3 is 13.9 Å². The van der Waals surface area contributed by atoms with E-state index in [-0.39, 0.29) is 0 Å². The van der Waals surface area contributed by atoms with E-state index in [0.717, 1.165) is 66.9 Å². The van der Waals surface area contributed by atoms with Gasteiger partial charge in [-0.2, -0.15) is 0 Å². The molecule has 13 aromatic rings. The van der Waals surface area contributed by atoms with Crippen molar-refractivity contribution in [3.8, 4) is 39.1 Å². The fourth-order valence-electron chi connectivity index (χ4n) is 10.2. The topological polar surface area (TPSA) is 21.3 Å². The largest absolute Gasteiger partial charge is 0.456 e. The van der Waals surface area contributed by atoms with Crippen molar-refractivity contribution in [1.82, 2.24) is 4.57 Å². The highest BCUT2D eigenvalue weighted by molar-refractivity contribution is 6.13. The van der Waals surface area contributed by atoms with Gasteiger partial charge in [0.05, 0.1) is 16.7 Å². The van der Waals surface area contributed by atoms with Crippen LogP contribution in [-0.4, -0.2) is 4.57 Å². The third kappa shape index (κ3) is 6.12. The molecule has 65 heavy (non-hydrogen) atoms. The second-order valence-corrected chi connectivity index (χ2v) is 16.9. The van der Waals surface area contributed by atoms with Crippen LogP contribution >= 0.6 is 0 Å². The van der Waals surface area contributed by atoms with Crippen LogP contribution in [0.25, 0.3) is 104 Å². The zero-order chi connectivity index (χ0) is 42.8. The van der Waals surface area contributed by atoms with E-state index in [0.29, 0.717) is 0 Å². The standard InChI is InChI=1S/C62H40N2O/c1-2-16-50-42(13-1)27-28-46-40-49(37-38-51(46)50)63(47-33-29-41(30-34-47)44-14-11-15-45(39-44)53-21-12-26-61-62(53)56-20-6-10-25-60(56)65-61)48-35-31-43(32-36-48)52-17-3-7-22-57(52)64-58-23-8-4-18-54(58)55-19-5-9-24-59(55)64/h1-40H. The van der Waals surface area contributed by atoms with Crippen LogP contribution in [0.5, 0.6) is 0 Å². The number of anilines is 3. The third-order valence-electron chi connectivity index (χ3n) is 13.2. The van der Waals surface area contributed by atoms with Crippen LogP contribution < -0.4 is 4.90 Å². The van der Waals surface area contributed by atoms with E-state index in [1.165, 1.54) is 54.5 Å². The second-order valence-electron chi connectivity index (χ2n) is 16.9. The molecule has 2 heterocycles. The van der Waals surface area contributed by atoms with Gasteiger partial charge in [-0.3, -0.25) is 0 Å². The number of hydrogen-bond donors (Lipinski definition) is 0. The molecule has 0 bridgehead atoms. The van der Waals surface area contributed by atoms with E-state index in [9.17, 15) is 0 Å². The first-order valence-electron chi connectivity index (χ1n) is 22.2. The van der Waals surface area contributed by atoms with Crippen LogP contribution in [0.1, 0.15) is 0 Å². The van der Waals surface area contributed by atoms with Gasteiger partial charge in [0.15, 0.2) is 0 Å². The highest BCUT2D eigenvalue weighted by atomic mass is 16.3. The lowest BCUT2D eigenvalue weighted by Gasteiger charge is -2.26. The summed E-state index contributed by atoms with van der Waals surface area (Å²) in [6.07, 6.45) is 0. The molecular weight excluding hydrogens is 789 g/mol. The molecular formula is C62H40N2O. The summed E-state index contributed by atoms with van der Waals surface area (Å²) in [5, 5.41) is 9.76. The molecule has 0 aliphatic heterocycles. The molecule has 0 N–H and O–H groups in total. The smallest absolute Gasteiger partial charge is 0.136 e. The van der Waals surface area contributed by atoms with E-state index >= 15 is 0 Å². The second kappa shape index (κ2) is 15.0. The minimum atomic E-state index is 0.904. The van der Waals surface area contributed by atoms with Gasteiger partial charge in [-0.15, -0.1) is 0 Å². The number of para-hydroxylation sites is 4. The van der Waals surface area contributed by atoms with Crippen LogP contribution in [-0.2, 0) is 0 Å². The SMILES string of the molecule is c1cc(-c2ccc(N(c3ccc(-c4ccccc4-n4c5ccccc5c5ccccc54)cc3)c3ccc4c(ccc5ccccc54)c3)cc2)cc(-c2cccc3oc4ccccc4c23)c1. The average molecular weight is 829 g/mol. The van der Waals surface area contributed by atoms with E-state index in [2.05, 4.69) is 240 Å². The van der Waals surface area contributed by atoms with Crippen LogP contribution in [0.15, 0.2) is 247 Å². The Morgan fingerprint density at radius 2 is 0.862 bits per heavy atom. The maximum atomic E-state index is 6.25. The summed E-state index contributed by atoms with van der Waals surface area (Å²) in [5.41, 5.74) is 15.6. The van der Waals surface area contributed by atoms with Gasteiger partial charge in [0.2, 0.25) is 0 Å². The number of furan rings is 1. The van der Waals surface area contributed by atoms with Gasteiger partial charge in [0.25, 0.3) is 0 Å². The first-order chi connectivity index (χ1) is 32.2. The zero-order valence-corrected chi connectivity index (χ0v) is 35.4. The molecule has 3 heteroatoms. The lowest BCUT2D eigenvalue weighted by Crippen LogP contribution is -2.10. The Labute approximate surface area is 376 Å². The minimum absolute atomic E-state index is 0.904. The highest BCUT2D eigenvalue weighted by Gasteiger charge is 2.18. The Morgan fingerprint density at radius 1 is 0.308 bits per heavy atom. The van der Waals surface area contributed by atoms with Crippen molar-refractivity contribution in [2.75, 3.05) is 4.90 Å². The monoisotopic (exact) mass is 828 g/mol. The van der Waals surface area contributed by atoms with Crippen molar-refractivity contribution < 1.29 is 4.42 Å². The molecule has 11 aromatic carbocycles. The van der Waals surface area contributed by atoms with Crippen molar-refractivity contribution in [3.05, 3.63) is 243 Å². The molecule has 0 radical (unpaired) electrons. The summed E-state index contributed by atoms with van der Waals surface area (Å²) in [5.74, 6) is 0. The Hall–Kier alpha value is -8.66. The van der Waals surface area contributed by atoms with Crippen molar-refractivity contribution >= 4 is 82.4 Å². The number of aromatic nitrogens is 1. The van der Waals surface area contributed by atoms with Crippen molar-refractivity contribution in [2.45, 2.75) is 0 Å². The van der Waals surface area contributed by atoms with Gasteiger partial charge in [-0.25, -0.2) is 0 Å². The molecule has 3 nitrogen and oxygen atoms in total. The molecule has 0 spiro atoms. The fourth-order valence-corrected chi connectivity index (χ4v) is 10.2. The molecule has 0 fully saturated rings. The van der Waals surface area contributed by atoms with E-state index in [1.54, 1.807) is 0 Å². The Bertz CT molecular complexity index is 3900. The molecule has 13 rings (SSSR count). The Morgan fingerprint density at radius 3 is 1.65 bits per heavy atom. The lowest BCUT2D eigenvalue weighted by atomic mass is 9.96. The Kier molecular flexibility index (Phi) is 8.53. The molecule has 0 saturated carbocycles. The van der Waals surface area contributed by atoms with E-state index in [4.69, 9.17) is 4.42 Å². The molecule has 0 amide bonds. The molecule has 0 atom stereocenters. The number of rotatable bonds is 7. The van der Waals surface area contributed by atoms with Gasteiger partial charge in [0, 0.05) is 44.2 Å². The minimum Gasteiger partial charge on any atom is -0.456 e. The van der Waals surface area contributed by atoms with E-state index < -0.39 is 0 Å². The molecule has 304 valence electrons. The summed E-state index contributed by atoms with van der Waals surface area (Å²) in [6, 6.07) is 87.8. The Balaban J connectivity index is 0.907. The predicted molar refractivity (Wildman–Crippen MR) is 274 cm³/mol. The zero-order valence-electron chi connectivity index (χ0n) is 35.4. The fraction of sp³-hybridized carbons (Fsp3) is 0. The maximum absolute atomic E-state index is 6.25. The van der Waals surface area contributed by atoms with Crippen LogP contribution in [0.3, 0.4) is 0 Å². The third-order valence-corrected chi connectivity index (χ3v) is 13.2. The molecule has 0 aliphatic rings. The summed E-state index contributed by atoms with van der Waals surface area (Å²) in [7, 11) is 0.